The van der Waals surface area contributed by atoms with E-state index in [0.29, 0.717) is 24.0 Å². The zero-order chi connectivity index (χ0) is 25.1. The molecule has 0 aliphatic heterocycles. The molecule has 0 amide bonds. The molecule has 0 aliphatic carbocycles. The second-order valence-electron chi connectivity index (χ2n) is 8.64. The van der Waals surface area contributed by atoms with Gasteiger partial charge in [0.25, 0.3) is 0 Å². The smallest absolute Gasteiger partial charge is 0.140 e. The summed E-state index contributed by atoms with van der Waals surface area (Å²) < 4.78 is 11.8. The van der Waals surface area contributed by atoms with Gasteiger partial charge in [0, 0.05) is 45.9 Å². The maximum atomic E-state index is 9.28. The SMILES string of the molecule is OCCc1cccc2c1oc1c(CCO)cccc12.OCc1cccc2c1oc1c(CO)cccc12. The van der Waals surface area contributed by atoms with Crippen molar-refractivity contribution in [2.45, 2.75) is 26.1 Å². The minimum absolute atomic E-state index is 0.0500. The van der Waals surface area contributed by atoms with Gasteiger partial charge in [-0.2, -0.15) is 0 Å². The summed E-state index contributed by atoms with van der Waals surface area (Å²) in [6, 6.07) is 23.4. The highest BCUT2D eigenvalue weighted by Gasteiger charge is 2.13. The van der Waals surface area contributed by atoms with Crippen molar-refractivity contribution in [1.29, 1.82) is 0 Å². The molecule has 4 aromatic carbocycles. The largest absolute Gasteiger partial charge is 0.455 e. The Balaban J connectivity index is 0.000000149. The summed E-state index contributed by atoms with van der Waals surface area (Å²) >= 11 is 0. The zero-order valence-corrected chi connectivity index (χ0v) is 19.8. The van der Waals surface area contributed by atoms with Crippen molar-refractivity contribution in [3.05, 3.63) is 95.1 Å². The van der Waals surface area contributed by atoms with E-state index in [-0.39, 0.29) is 26.4 Å². The summed E-state index contributed by atoms with van der Waals surface area (Å²) in [4.78, 5) is 0. The van der Waals surface area contributed by atoms with E-state index in [2.05, 4.69) is 0 Å². The second-order valence-corrected chi connectivity index (χ2v) is 8.64. The summed E-state index contributed by atoms with van der Waals surface area (Å²) in [5.41, 5.74) is 6.66. The fourth-order valence-electron chi connectivity index (χ4n) is 4.76. The quantitative estimate of drug-likeness (QED) is 0.258. The van der Waals surface area contributed by atoms with Crippen LogP contribution in [0.25, 0.3) is 43.9 Å². The Kier molecular flexibility index (Phi) is 7.02. The summed E-state index contributed by atoms with van der Waals surface area (Å²) in [6.07, 6.45) is 1.18. The zero-order valence-electron chi connectivity index (χ0n) is 19.8. The number of aliphatic hydroxyl groups excluding tert-OH is 4. The summed E-state index contributed by atoms with van der Waals surface area (Å²) in [5.74, 6) is 0. The molecular formula is C30H28O6. The standard InChI is InChI=1S/C16H16O3.C14H12O3/c17-9-7-11-3-1-5-13-14-6-2-4-12(8-10-18)16(14)19-15(11)13;15-7-9-3-1-5-11-12-6-2-4-10(8-16)14(12)17-13(9)11/h1-6,17-18H,7-10H2;1-6,15-16H,7-8H2. The van der Waals surface area contributed by atoms with E-state index in [1.807, 2.05) is 72.8 Å². The molecule has 4 N–H and O–H groups in total. The third-order valence-electron chi connectivity index (χ3n) is 6.48. The van der Waals surface area contributed by atoms with Crippen LogP contribution in [0.1, 0.15) is 22.3 Å². The molecule has 0 radical (unpaired) electrons. The van der Waals surface area contributed by atoms with Crippen molar-refractivity contribution in [2.75, 3.05) is 13.2 Å². The highest BCUT2D eigenvalue weighted by atomic mass is 16.3. The van der Waals surface area contributed by atoms with Crippen molar-refractivity contribution >= 4 is 43.9 Å². The van der Waals surface area contributed by atoms with Crippen molar-refractivity contribution in [2.24, 2.45) is 0 Å². The van der Waals surface area contributed by atoms with Crippen LogP contribution >= 0.6 is 0 Å². The lowest BCUT2D eigenvalue weighted by Crippen LogP contribution is -1.90. The lowest BCUT2D eigenvalue weighted by molar-refractivity contribution is 0.280. The molecule has 2 aromatic heterocycles. The number of benzene rings is 4. The number of para-hydroxylation sites is 4. The molecule has 0 atom stereocenters. The fraction of sp³-hybridized carbons (Fsp3) is 0.200. The van der Waals surface area contributed by atoms with E-state index in [1.54, 1.807) is 0 Å². The van der Waals surface area contributed by atoms with E-state index < -0.39 is 0 Å². The van der Waals surface area contributed by atoms with Crippen molar-refractivity contribution in [3.8, 4) is 0 Å². The van der Waals surface area contributed by atoms with Crippen LogP contribution in [-0.4, -0.2) is 33.6 Å². The number of aliphatic hydroxyl groups is 4. The topological polar surface area (TPSA) is 107 Å². The summed E-state index contributed by atoms with van der Waals surface area (Å²) in [7, 11) is 0. The van der Waals surface area contributed by atoms with Gasteiger partial charge in [-0.3, -0.25) is 0 Å². The van der Waals surface area contributed by atoms with E-state index in [1.165, 1.54) is 0 Å². The van der Waals surface area contributed by atoms with Gasteiger partial charge in [-0.15, -0.1) is 0 Å². The predicted molar refractivity (Wildman–Crippen MR) is 141 cm³/mol. The van der Waals surface area contributed by atoms with Gasteiger partial charge < -0.3 is 29.3 Å². The Morgan fingerprint density at radius 3 is 1.03 bits per heavy atom. The van der Waals surface area contributed by atoms with Gasteiger partial charge >= 0.3 is 0 Å². The van der Waals surface area contributed by atoms with Crippen molar-refractivity contribution in [3.63, 3.8) is 0 Å². The molecule has 184 valence electrons. The molecule has 36 heavy (non-hydrogen) atoms. The number of hydrogen-bond donors (Lipinski definition) is 4. The Morgan fingerprint density at radius 2 is 0.722 bits per heavy atom. The molecule has 0 saturated heterocycles. The molecular weight excluding hydrogens is 456 g/mol. The molecule has 6 nitrogen and oxygen atoms in total. The molecule has 0 aliphatic rings. The van der Waals surface area contributed by atoms with Gasteiger partial charge in [0.1, 0.15) is 22.3 Å². The van der Waals surface area contributed by atoms with Crippen LogP contribution < -0.4 is 0 Å². The van der Waals surface area contributed by atoms with Gasteiger partial charge in [-0.1, -0.05) is 72.8 Å². The minimum atomic E-state index is -0.0500. The van der Waals surface area contributed by atoms with Gasteiger partial charge in [-0.25, -0.2) is 0 Å². The average Bonchev–Trinajstić information content (AvgIpc) is 3.49. The Hall–Kier alpha value is -3.68. The molecule has 2 heterocycles. The maximum absolute atomic E-state index is 9.28. The van der Waals surface area contributed by atoms with Crippen LogP contribution in [0.15, 0.2) is 81.6 Å². The molecule has 6 heteroatoms. The van der Waals surface area contributed by atoms with Crippen molar-refractivity contribution in [1.82, 2.24) is 0 Å². The first-order valence-electron chi connectivity index (χ1n) is 12.0. The van der Waals surface area contributed by atoms with Crippen LogP contribution in [0, 0.1) is 0 Å². The Morgan fingerprint density at radius 1 is 0.417 bits per heavy atom. The molecule has 0 bridgehead atoms. The van der Waals surface area contributed by atoms with Gasteiger partial charge in [0.15, 0.2) is 0 Å². The van der Waals surface area contributed by atoms with E-state index in [4.69, 9.17) is 19.0 Å². The molecule has 0 saturated carbocycles. The first-order valence-corrected chi connectivity index (χ1v) is 12.0. The number of hydrogen-bond acceptors (Lipinski definition) is 6. The van der Waals surface area contributed by atoms with Crippen LogP contribution in [0.4, 0.5) is 0 Å². The van der Waals surface area contributed by atoms with E-state index in [0.717, 1.165) is 55.0 Å². The third kappa shape index (κ3) is 4.25. The number of fused-ring (bicyclic) bond motifs is 6. The van der Waals surface area contributed by atoms with Crippen LogP contribution in [0.2, 0.25) is 0 Å². The number of rotatable bonds is 6. The van der Waals surface area contributed by atoms with Crippen LogP contribution in [-0.2, 0) is 26.1 Å². The van der Waals surface area contributed by atoms with E-state index >= 15 is 0 Å². The molecule has 0 unspecified atom stereocenters. The lowest BCUT2D eigenvalue weighted by Gasteiger charge is -1.98. The number of furan rings is 2. The Labute approximate surface area is 207 Å². The molecule has 0 spiro atoms. The minimum Gasteiger partial charge on any atom is -0.455 e. The van der Waals surface area contributed by atoms with E-state index in [9.17, 15) is 10.2 Å². The Bertz CT molecular complexity index is 1520. The summed E-state index contributed by atoms with van der Waals surface area (Å²) in [5, 5.41) is 40.9. The van der Waals surface area contributed by atoms with Gasteiger partial charge in [0.2, 0.25) is 0 Å². The van der Waals surface area contributed by atoms with Crippen molar-refractivity contribution < 1.29 is 29.3 Å². The fourth-order valence-corrected chi connectivity index (χ4v) is 4.76. The maximum Gasteiger partial charge on any atom is 0.140 e. The normalized spacial score (nSPS) is 11.4. The second kappa shape index (κ2) is 10.5. The van der Waals surface area contributed by atoms with Crippen LogP contribution in [0.3, 0.4) is 0 Å². The van der Waals surface area contributed by atoms with Gasteiger partial charge in [0.05, 0.1) is 13.2 Å². The first-order chi connectivity index (χ1) is 17.7. The highest BCUT2D eigenvalue weighted by molar-refractivity contribution is 6.07. The molecule has 6 rings (SSSR count). The monoisotopic (exact) mass is 484 g/mol. The predicted octanol–water partition coefficient (Wildman–Crippen LogP) is 5.23. The first kappa shape index (κ1) is 24.0. The lowest BCUT2D eigenvalue weighted by atomic mass is 10.0. The third-order valence-corrected chi connectivity index (χ3v) is 6.48. The molecule has 6 aromatic rings. The molecule has 0 fully saturated rings. The highest BCUT2D eigenvalue weighted by Crippen LogP contribution is 2.34. The van der Waals surface area contributed by atoms with Crippen LogP contribution in [0.5, 0.6) is 0 Å². The summed E-state index contributed by atoms with van der Waals surface area (Å²) in [6.45, 7) is 0.122. The average molecular weight is 485 g/mol. The van der Waals surface area contributed by atoms with Gasteiger partial charge in [-0.05, 0) is 24.0 Å².